The largest absolute Gasteiger partial charge is 0.374 e. The third kappa shape index (κ3) is 4.95. The van der Waals surface area contributed by atoms with E-state index < -0.39 is 10.0 Å². The minimum atomic E-state index is -3.65. The lowest BCUT2D eigenvalue weighted by atomic mass is 10.1. The number of halogens is 1. The highest BCUT2D eigenvalue weighted by Gasteiger charge is 2.20. The fourth-order valence-electron chi connectivity index (χ4n) is 2.17. The second-order valence-electron chi connectivity index (χ2n) is 5.23. The molecule has 0 aliphatic carbocycles. The average Bonchev–Trinajstić information content (AvgIpc) is 3.05. The number of thioether (sulfide) groups is 1. The van der Waals surface area contributed by atoms with Crippen molar-refractivity contribution in [3.05, 3.63) is 65.2 Å². The summed E-state index contributed by atoms with van der Waals surface area (Å²) in [7, 11) is -3.65. The lowest BCUT2D eigenvalue weighted by Gasteiger charge is -2.16. The molecular formula is C16H15ClN4O2S3. The Bertz CT molecular complexity index is 963. The molecule has 2 aromatic carbocycles. The molecule has 10 heteroatoms. The lowest BCUT2D eigenvalue weighted by Crippen LogP contribution is -2.27. The minimum absolute atomic E-state index is 0.166. The Morgan fingerprint density at radius 2 is 1.81 bits per heavy atom. The van der Waals surface area contributed by atoms with E-state index in [1.807, 2.05) is 30.3 Å². The molecule has 0 aliphatic rings. The maximum atomic E-state index is 12.5. The van der Waals surface area contributed by atoms with Gasteiger partial charge in [-0.3, -0.25) is 0 Å². The van der Waals surface area contributed by atoms with Crippen molar-refractivity contribution in [3.63, 3.8) is 0 Å². The molecule has 1 heterocycles. The first kappa shape index (κ1) is 19.1. The van der Waals surface area contributed by atoms with Crippen molar-refractivity contribution in [3.8, 4) is 0 Å². The van der Waals surface area contributed by atoms with Crippen molar-refractivity contribution in [1.29, 1.82) is 0 Å². The molecule has 0 fully saturated rings. The Morgan fingerprint density at radius 3 is 2.42 bits per heavy atom. The van der Waals surface area contributed by atoms with Gasteiger partial charge in [-0.1, -0.05) is 65.0 Å². The van der Waals surface area contributed by atoms with Crippen LogP contribution in [-0.4, -0.2) is 25.2 Å². The number of nitrogens with two attached hydrogens (primary N) is 1. The predicted molar refractivity (Wildman–Crippen MR) is 106 cm³/mol. The number of hydrogen-bond donors (Lipinski definition) is 2. The summed E-state index contributed by atoms with van der Waals surface area (Å²) in [6.07, 6.45) is 0. The van der Waals surface area contributed by atoms with Crippen molar-refractivity contribution in [2.24, 2.45) is 0 Å². The molecule has 0 saturated carbocycles. The zero-order chi connectivity index (χ0) is 18.6. The summed E-state index contributed by atoms with van der Waals surface area (Å²) in [5, 5.41) is 8.49. The van der Waals surface area contributed by atoms with Gasteiger partial charge in [-0.05, 0) is 29.8 Å². The Hall–Kier alpha value is -1.65. The van der Waals surface area contributed by atoms with Gasteiger partial charge in [-0.25, -0.2) is 13.1 Å². The van der Waals surface area contributed by atoms with Gasteiger partial charge in [0.25, 0.3) is 0 Å². The molecule has 3 aromatic rings. The zero-order valence-corrected chi connectivity index (χ0v) is 16.6. The Labute approximate surface area is 164 Å². The number of aromatic nitrogens is 2. The standard InChI is InChI=1S/C16H15ClN4O2S3/c17-12-6-8-13(9-7-12)26(22,23)19-10-14(11-4-2-1-3-5-11)24-16-21-20-15(18)25-16/h1-9,14,19H,10H2,(H2,18,20). The van der Waals surface area contributed by atoms with Crippen molar-refractivity contribution >= 4 is 49.9 Å². The van der Waals surface area contributed by atoms with Gasteiger partial charge >= 0.3 is 0 Å². The predicted octanol–water partition coefficient (Wildman–Crippen LogP) is 3.59. The van der Waals surface area contributed by atoms with E-state index in [9.17, 15) is 8.42 Å². The minimum Gasteiger partial charge on any atom is -0.374 e. The highest BCUT2D eigenvalue weighted by atomic mass is 35.5. The summed E-state index contributed by atoms with van der Waals surface area (Å²) in [6, 6.07) is 15.6. The van der Waals surface area contributed by atoms with Gasteiger partial charge in [0.1, 0.15) is 0 Å². The van der Waals surface area contributed by atoms with Crippen LogP contribution in [0.2, 0.25) is 5.02 Å². The van der Waals surface area contributed by atoms with E-state index in [0.717, 1.165) is 5.56 Å². The van der Waals surface area contributed by atoms with Crippen LogP contribution in [0.4, 0.5) is 5.13 Å². The summed E-state index contributed by atoms with van der Waals surface area (Å²) in [4.78, 5) is 0.166. The number of nitrogens with zero attached hydrogens (tertiary/aromatic N) is 2. The first-order chi connectivity index (χ1) is 12.4. The molecule has 0 amide bonds. The molecule has 0 spiro atoms. The molecule has 6 nitrogen and oxygen atoms in total. The molecule has 1 atom stereocenters. The molecule has 3 N–H and O–H groups in total. The number of rotatable bonds is 7. The fraction of sp³-hybridized carbons (Fsp3) is 0.125. The van der Waals surface area contributed by atoms with Crippen LogP contribution in [0.25, 0.3) is 0 Å². The van der Waals surface area contributed by atoms with Crippen LogP contribution in [0.5, 0.6) is 0 Å². The summed E-state index contributed by atoms with van der Waals surface area (Å²) in [6.45, 7) is 0.194. The highest BCUT2D eigenvalue weighted by molar-refractivity contribution is 8.01. The molecule has 0 bridgehead atoms. The smallest absolute Gasteiger partial charge is 0.240 e. The summed E-state index contributed by atoms with van der Waals surface area (Å²) in [5.74, 6) is 0. The number of nitrogens with one attached hydrogen (secondary N) is 1. The van der Waals surface area contributed by atoms with Gasteiger partial charge in [-0.15, -0.1) is 10.2 Å². The molecule has 3 rings (SSSR count). The summed E-state index contributed by atoms with van der Waals surface area (Å²) >= 11 is 8.51. The van der Waals surface area contributed by atoms with Crippen LogP contribution in [-0.2, 0) is 10.0 Å². The van der Waals surface area contributed by atoms with Gasteiger partial charge in [0.15, 0.2) is 4.34 Å². The Kier molecular flexibility index (Phi) is 6.15. The van der Waals surface area contributed by atoms with E-state index in [1.54, 1.807) is 12.1 Å². The van der Waals surface area contributed by atoms with E-state index in [-0.39, 0.29) is 16.7 Å². The van der Waals surface area contributed by atoms with Gasteiger partial charge < -0.3 is 5.73 Å². The Balaban J connectivity index is 1.78. The van der Waals surface area contributed by atoms with E-state index in [4.69, 9.17) is 17.3 Å². The third-order valence-corrected chi connectivity index (χ3v) is 7.20. The molecule has 0 saturated heterocycles. The molecule has 136 valence electrons. The van der Waals surface area contributed by atoms with E-state index >= 15 is 0 Å². The van der Waals surface area contributed by atoms with Crippen molar-refractivity contribution in [2.45, 2.75) is 14.5 Å². The SMILES string of the molecule is Nc1nnc(SC(CNS(=O)(=O)c2ccc(Cl)cc2)c2ccccc2)s1. The van der Waals surface area contributed by atoms with Gasteiger partial charge in [0.2, 0.25) is 15.2 Å². The second-order valence-corrected chi connectivity index (χ2v) is 9.89. The van der Waals surface area contributed by atoms with E-state index in [1.165, 1.54) is 35.2 Å². The summed E-state index contributed by atoms with van der Waals surface area (Å²) < 4.78 is 28.4. The van der Waals surface area contributed by atoms with E-state index in [0.29, 0.717) is 14.5 Å². The van der Waals surface area contributed by atoms with Crippen molar-refractivity contribution in [2.75, 3.05) is 12.3 Å². The lowest BCUT2D eigenvalue weighted by molar-refractivity contribution is 0.581. The molecule has 26 heavy (non-hydrogen) atoms. The number of nitrogen functional groups attached to an aromatic ring is 1. The molecule has 1 unspecified atom stereocenters. The molecule has 0 aliphatic heterocycles. The molecule has 0 radical (unpaired) electrons. The van der Waals surface area contributed by atoms with Crippen molar-refractivity contribution < 1.29 is 8.42 Å². The maximum Gasteiger partial charge on any atom is 0.240 e. The van der Waals surface area contributed by atoms with Crippen LogP contribution in [0, 0.1) is 0 Å². The van der Waals surface area contributed by atoms with Crippen LogP contribution in [0.15, 0.2) is 63.8 Å². The molecular weight excluding hydrogens is 412 g/mol. The average molecular weight is 427 g/mol. The number of sulfonamides is 1. The zero-order valence-electron chi connectivity index (χ0n) is 13.4. The van der Waals surface area contributed by atoms with Gasteiger partial charge in [-0.2, -0.15) is 0 Å². The first-order valence-electron chi connectivity index (χ1n) is 7.50. The fourth-order valence-corrected chi connectivity index (χ4v) is 5.38. The van der Waals surface area contributed by atoms with Crippen molar-refractivity contribution in [1.82, 2.24) is 14.9 Å². The highest BCUT2D eigenvalue weighted by Crippen LogP contribution is 2.37. The monoisotopic (exact) mass is 426 g/mol. The van der Waals surface area contributed by atoms with Gasteiger partial charge in [0.05, 0.1) is 10.1 Å². The topological polar surface area (TPSA) is 98.0 Å². The third-order valence-electron chi connectivity index (χ3n) is 3.42. The van der Waals surface area contributed by atoms with Crippen LogP contribution >= 0.6 is 34.7 Å². The second kappa shape index (κ2) is 8.36. The van der Waals surface area contributed by atoms with Crippen LogP contribution < -0.4 is 10.5 Å². The van der Waals surface area contributed by atoms with Gasteiger partial charge in [0, 0.05) is 11.6 Å². The first-order valence-corrected chi connectivity index (χ1v) is 11.1. The van der Waals surface area contributed by atoms with Crippen LogP contribution in [0.1, 0.15) is 10.8 Å². The number of hydrogen-bond acceptors (Lipinski definition) is 7. The maximum absolute atomic E-state index is 12.5. The Morgan fingerprint density at radius 1 is 1.12 bits per heavy atom. The quantitative estimate of drug-likeness (QED) is 0.560. The van der Waals surface area contributed by atoms with E-state index in [2.05, 4.69) is 14.9 Å². The normalized spacial score (nSPS) is 12.8. The number of benzene rings is 2. The summed E-state index contributed by atoms with van der Waals surface area (Å²) in [5.41, 5.74) is 6.61. The number of anilines is 1. The molecule has 1 aromatic heterocycles. The van der Waals surface area contributed by atoms with Crippen LogP contribution in [0.3, 0.4) is 0 Å².